The fourth-order valence-corrected chi connectivity index (χ4v) is 4.01. The van der Waals surface area contributed by atoms with Crippen molar-refractivity contribution < 1.29 is 13.2 Å². The Hall–Kier alpha value is -2.13. The van der Waals surface area contributed by atoms with Crippen LogP contribution in [0, 0.1) is 18.6 Å². The Balaban J connectivity index is 1.81. The standard InChI is InChI=1S/C17H18F3N5S/c1-9-8-26-16(22-9)7-25-15-5-12(20)11(19)4-14(15)23-17(25)24-3-2-10(18)13(21)6-24/h4-5,8,10,13H,2-3,6-7,21H2,1H3/t10?,13-/m1/s1. The summed E-state index contributed by atoms with van der Waals surface area (Å²) in [6, 6.07) is 1.61. The third kappa shape index (κ3) is 3.05. The molecule has 0 saturated carbocycles. The highest BCUT2D eigenvalue weighted by atomic mass is 32.1. The van der Waals surface area contributed by atoms with Gasteiger partial charge in [-0.25, -0.2) is 23.1 Å². The molecule has 3 heterocycles. The van der Waals surface area contributed by atoms with Crippen LogP contribution in [0.5, 0.6) is 0 Å². The van der Waals surface area contributed by atoms with Gasteiger partial charge in [-0.05, 0) is 13.3 Å². The summed E-state index contributed by atoms with van der Waals surface area (Å²) in [5, 5.41) is 2.76. The summed E-state index contributed by atoms with van der Waals surface area (Å²) in [5.41, 5.74) is 7.59. The number of aromatic nitrogens is 3. The van der Waals surface area contributed by atoms with E-state index in [0.29, 0.717) is 43.0 Å². The fraction of sp³-hybridized carbons (Fsp3) is 0.412. The molecular formula is C17H18F3N5S. The maximum absolute atomic E-state index is 13.8. The van der Waals surface area contributed by atoms with E-state index in [0.717, 1.165) is 22.8 Å². The summed E-state index contributed by atoms with van der Waals surface area (Å²) in [6.45, 7) is 3.01. The van der Waals surface area contributed by atoms with Gasteiger partial charge in [-0.3, -0.25) is 0 Å². The number of halogens is 3. The van der Waals surface area contributed by atoms with E-state index in [2.05, 4.69) is 9.97 Å². The molecule has 2 atom stereocenters. The van der Waals surface area contributed by atoms with Gasteiger partial charge in [0.25, 0.3) is 0 Å². The van der Waals surface area contributed by atoms with Crippen LogP contribution in [0.3, 0.4) is 0 Å². The summed E-state index contributed by atoms with van der Waals surface area (Å²) in [7, 11) is 0. The normalized spacial score (nSPS) is 20.9. The van der Waals surface area contributed by atoms with Gasteiger partial charge in [0.05, 0.1) is 23.6 Å². The third-order valence-corrected chi connectivity index (χ3v) is 5.53. The lowest BCUT2D eigenvalue weighted by Crippen LogP contribution is -2.50. The van der Waals surface area contributed by atoms with Crippen molar-refractivity contribution in [1.82, 2.24) is 14.5 Å². The largest absolute Gasteiger partial charge is 0.340 e. The van der Waals surface area contributed by atoms with Crippen molar-refractivity contribution in [3.8, 4) is 0 Å². The molecule has 1 unspecified atom stereocenters. The number of nitrogens with zero attached hydrogens (tertiary/aromatic N) is 4. The van der Waals surface area contributed by atoms with E-state index in [1.165, 1.54) is 11.3 Å². The highest BCUT2D eigenvalue weighted by Crippen LogP contribution is 2.29. The smallest absolute Gasteiger partial charge is 0.207 e. The Morgan fingerprint density at radius 3 is 2.73 bits per heavy atom. The average molecular weight is 381 g/mol. The molecule has 138 valence electrons. The average Bonchev–Trinajstić information content (AvgIpc) is 3.15. The van der Waals surface area contributed by atoms with Crippen molar-refractivity contribution >= 4 is 28.3 Å². The maximum Gasteiger partial charge on any atom is 0.207 e. The van der Waals surface area contributed by atoms with E-state index in [-0.39, 0.29) is 0 Å². The molecule has 9 heteroatoms. The van der Waals surface area contributed by atoms with Crippen LogP contribution in [0.1, 0.15) is 17.1 Å². The van der Waals surface area contributed by atoms with Crippen LogP contribution in [0.2, 0.25) is 0 Å². The molecule has 2 aromatic heterocycles. The number of alkyl halides is 1. The number of nitrogens with two attached hydrogens (primary N) is 1. The van der Waals surface area contributed by atoms with Crippen LogP contribution < -0.4 is 10.6 Å². The first-order valence-corrected chi connectivity index (χ1v) is 9.21. The van der Waals surface area contributed by atoms with Crippen LogP contribution in [-0.2, 0) is 6.54 Å². The molecule has 3 aromatic rings. The van der Waals surface area contributed by atoms with Crippen molar-refractivity contribution in [3.63, 3.8) is 0 Å². The first kappa shape index (κ1) is 17.3. The van der Waals surface area contributed by atoms with Crippen molar-refractivity contribution in [2.45, 2.75) is 32.1 Å². The van der Waals surface area contributed by atoms with E-state index >= 15 is 0 Å². The molecule has 1 aliphatic rings. The quantitative estimate of drug-likeness (QED) is 0.758. The summed E-state index contributed by atoms with van der Waals surface area (Å²) in [4.78, 5) is 10.8. The SMILES string of the molecule is Cc1csc(Cn2c(N3CCC(F)[C@H](N)C3)nc3cc(F)c(F)cc32)n1. The van der Waals surface area contributed by atoms with Crippen molar-refractivity contribution in [2.75, 3.05) is 18.0 Å². The number of aryl methyl sites for hydroxylation is 1. The first-order chi connectivity index (χ1) is 12.4. The molecule has 0 spiro atoms. The van der Waals surface area contributed by atoms with Crippen molar-refractivity contribution in [1.29, 1.82) is 0 Å². The second kappa shape index (κ2) is 6.55. The number of thiazole rings is 1. The predicted molar refractivity (Wildman–Crippen MR) is 95.3 cm³/mol. The highest BCUT2D eigenvalue weighted by Gasteiger charge is 2.29. The Morgan fingerprint density at radius 1 is 1.27 bits per heavy atom. The first-order valence-electron chi connectivity index (χ1n) is 8.33. The molecule has 1 fully saturated rings. The molecule has 5 nitrogen and oxygen atoms in total. The van der Waals surface area contributed by atoms with Crippen LogP contribution in [0.15, 0.2) is 17.5 Å². The van der Waals surface area contributed by atoms with Gasteiger partial charge in [0, 0.05) is 36.3 Å². The molecule has 1 aliphatic heterocycles. The summed E-state index contributed by atoms with van der Waals surface area (Å²) in [5.74, 6) is -1.35. The number of benzene rings is 1. The lowest BCUT2D eigenvalue weighted by Gasteiger charge is -2.34. The lowest BCUT2D eigenvalue weighted by molar-refractivity contribution is 0.243. The number of imidazole rings is 1. The lowest BCUT2D eigenvalue weighted by atomic mass is 10.1. The molecule has 4 rings (SSSR count). The van der Waals surface area contributed by atoms with Gasteiger partial charge in [0.1, 0.15) is 11.2 Å². The van der Waals surface area contributed by atoms with Gasteiger partial charge >= 0.3 is 0 Å². The molecular weight excluding hydrogens is 363 g/mol. The monoisotopic (exact) mass is 381 g/mol. The predicted octanol–water partition coefficient (Wildman–Crippen LogP) is 3.00. The van der Waals surface area contributed by atoms with Gasteiger partial charge < -0.3 is 15.2 Å². The van der Waals surface area contributed by atoms with Crippen LogP contribution in [-0.4, -0.2) is 39.8 Å². The Kier molecular flexibility index (Phi) is 4.36. The topological polar surface area (TPSA) is 60.0 Å². The molecule has 0 bridgehead atoms. The van der Waals surface area contributed by atoms with Crippen LogP contribution in [0.25, 0.3) is 11.0 Å². The minimum absolute atomic E-state index is 0.295. The summed E-state index contributed by atoms with van der Waals surface area (Å²) >= 11 is 1.49. The molecule has 0 aliphatic carbocycles. The zero-order chi connectivity index (χ0) is 18.4. The Morgan fingerprint density at radius 2 is 2.04 bits per heavy atom. The Bertz CT molecular complexity index is 953. The van der Waals surface area contributed by atoms with E-state index in [1.807, 2.05) is 17.2 Å². The third-order valence-electron chi connectivity index (χ3n) is 4.58. The van der Waals surface area contributed by atoms with Gasteiger partial charge in [0.15, 0.2) is 11.6 Å². The number of anilines is 1. The molecule has 1 aromatic carbocycles. The zero-order valence-electron chi connectivity index (χ0n) is 14.1. The van der Waals surface area contributed by atoms with E-state index < -0.39 is 23.8 Å². The highest BCUT2D eigenvalue weighted by molar-refractivity contribution is 7.09. The number of hydrogen-bond acceptors (Lipinski definition) is 5. The van der Waals surface area contributed by atoms with E-state index in [1.54, 1.807) is 4.57 Å². The molecule has 2 N–H and O–H groups in total. The summed E-state index contributed by atoms with van der Waals surface area (Å²) in [6.07, 6.45) is -0.760. The minimum atomic E-state index is -1.06. The second-order valence-electron chi connectivity index (χ2n) is 6.55. The van der Waals surface area contributed by atoms with Gasteiger partial charge in [-0.15, -0.1) is 11.3 Å². The molecule has 26 heavy (non-hydrogen) atoms. The minimum Gasteiger partial charge on any atom is -0.340 e. The van der Waals surface area contributed by atoms with Gasteiger partial charge in [0.2, 0.25) is 5.95 Å². The molecule has 0 amide bonds. The Labute approximate surface area is 152 Å². The fourth-order valence-electron chi connectivity index (χ4n) is 3.25. The van der Waals surface area contributed by atoms with Crippen LogP contribution in [0.4, 0.5) is 19.1 Å². The number of rotatable bonds is 3. The zero-order valence-corrected chi connectivity index (χ0v) is 14.9. The number of fused-ring (bicyclic) bond motifs is 1. The maximum atomic E-state index is 13.8. The van der Waals surface area contributed by atoms with Gasteiger partial charge in [-0.2, -0.15) is 0 Å². The van der Waals surface area contributed by atoms with Crippen LogP contribution >= 0.6 is 11.3 Å². The van der Waals surface area contributed by atoms with Gasteiger partial charge in [-0.1, -0.05) is 0 Å². The van der Waals surface area contributed by atoms with E-state index in [9.17, 15) is 13.2 Å². The molecule has 1 saturated heterocycles. The second-order valence-corrected chi connectivity index (χ2v) is 7.49. The van der Waals surface area contributed by atoms with Crippen molar-refractivity contribution in [3.05, 3.63) is 39.8 Å². The number of piperidine rings is 1. The summed E-state index contributed by atoms with van der Waals surface area (Å²) < 4.78 is 43.0. The number of hydrogen-bond donors (Lipinski definition) is 1. The molecule has 0 radical (unpaired) electrons. The van der Waals surface area contributed by atoms with E-state index in [4.69, 9.17) is 5.73 Å². The van der Waals surface area contributed by atoms with Crippen molar-refractivity contribution in [2.24, 2.45) is 5.73 Å².